The van der Waals surface area contributed by atoms with E-state index in [1.54, 1.807) is 0 Å². The fraction of sp³-hybridized carbons (Fsp3) is 0.943. The minimum absolute atomic E-state index is 0.0627. The van der Waals surface area contributed by atoms with E-state index in [2.05, 4.69) is 27.7 Å². The van der Waals surface area contributed by atoms with Gasteiger partial charge in [0.1, 0.15) is 13.2 Å². The minimum atomic E-state index is -0.760. The Morgan fingerprint density at radius 2 is 0.593 bits per heavy atom. The molecule has 2 atom stereocenters. The van der Waals surface area contributed by atoms with Crippen LogP contribution in [0.25, 0.3) is 0 Å². The van der Waals surface area contributed by atoms with E-state index in [4.69, 9.17) is 14.2 Å². The lowest BCUT2D eigenvalue weighted by molar-refractivity contribution is -0.167. The van der Waals surface area contributed by atoms with Crippen LogP contribution in [0.3, 0.4) is 0 Å². The molecule has 0 aliphatic heterocycles. The van der Waals surface area contributed by atoms with E-state index in [-0.39, 0.29) is 31.1 Å². The molecule has 0 spiro atoms. The first-order valence-corrected chi connectivity index (χ1v) is 26.4. The van der Waals surface area contributed by atoms with Gasteiger partial charge >= 0.3 is 17.9 Å². The molecule has 0 aromatic rings. The van der Waals surface area contributed by atoms with Gasteiger partial charge in [-0.25, -0.2) is 0 Å². The SMILES string of the molecule is CCCCCCCCCCCCCCCCCCC(=O)OC[C@@H](COC(=O)CCCCCCCCCCCCC)OC(=O)CCCCCCCCCCCCC(C)CC. The van der Waals surface area contributed by atoms with Gasteiger partial charge in [0.15, 0.2) is 6.10 Å². The third-order valence-electron chi connectivity index (χ3n) is 12.4. The third-order valence-corrected chi connectivity index (χ3v) is 12.4. The van der Waals surface area contributed by atoms with Gasteiger partial charge in [-0.15, -0.1) is 0 Å². The number of carbonyl (C=O) groups is 3. The van der Waals surface area contributed by atoms with Gasteiger partial charge in [0, 0.05) is 19.3 Å². The summed E-state index contributed by atoms with van der Waals surface area (Å²) in [4.78, 5) is 37.9. The normalized spacial score (nSPS) is 12.4. The van der Waals surface area contributed by atoms with Crippen LogP contribution in [-0.4, -0.2) is 37.2 Å². The molecule has 6 heteroatoms. The van der Waals surface area contributed by atoms with Crippen molar-refractivity contribution in [2.24, 2.45) is 5.92 Å². The van der Waals surface area contributed by atoms with Crippen LogP contribution in [0.2, 0.25) is 0 Å². The molecule has 350 valence electrons. The van der Waals surface area contributed by atoms with Crippen molar-refractivity contribution >= 4 is 17.9 Å². The van der Waals surface area contributed by atoms with E-state index in [0.29, 0.717) is 19.3 Å². The minimum Gasteiger partial charge on any atom is -0.462 e. The summed E-state index contributed by atoms with van der Waals surface area (Å²) in [5, 5.41) is 0. The van der Waals surface area contributed by atoms with Crippen LogP contribution in [0, 0.1) is 5.92 Å². The first-order valence-electron chi connectivity index (χ1n) is 26.4. The van der Waals surface area contributed by atoms with Gasteiger partial charge in [0.2, 0.25) is 0 Å². The zero-order chi connectivity index (χ0) is 43.1. The van der Waals surface area contributed by atoms with Crippen molar-refractivity contribution in [3.8, 4) is 0 Å². The molecule has 0 saturated carbocycles. The second-order valence-corrected chi connectivity index (χ2v) is 18.4. The predicted octanol–water partition coefficient (Wildman–Crippen LogP) is 17.1. The summed E-state index contributed by atoms with van der Waals surface area (Å²) in [5.74, 6) is 0.0236. The summed E-state index contributed by atoms with van der Waals surface area (Å²) in [6, 6.07) is 0. The first kappa shape index (κ1) is 57.4. The average molecular weight is 835 g/mol. The Labute approximate surface area is 368 Å². The Hall–Kier alpha value is -1.59. The molecule has 59 heavy (non-hydrogen) atoms. The van der Waals surface area contributed by atoms with Gasteiger partial charge in [-0.2, -0.15) is 0 Å². The van der Waals surface area contributed by atoms with Crippen molar-refractivity contribution in [2.75, 3.05) is 13.2 Å². The molecule has 1 unspecified atom stereocenters. The molecule has 0 aromatic heterocycles. The fourth-order valence-electron chi connectivity index (χ4n) is 8.01. The van der Waals surface area contributed by atoms with Crippen LogP contribution in [0.15, 0.2) is 0 Å². The van der Waals surface area contributed by atoms with Crippen molar-refractivity contribution in [1.29, 1.82) is 0 Å². The van der Waals surface area contributed by atoms with Crippen molar-refractivity contribution in [1.82, 2.24) is 0 Å². The lowest BCUT2D eigenvalue weighted by Gasteiger charge is -2.18. The molecule has 0 fully saturated rings. The van der Waals surface area contributed by atoms with Crippen LogP contribution in [-0.2, 0) is 28.6 Å². The summed E-state index contributed by atoms with van der Waals surface area (Å²) in [5.41, 5.74) is 0. The zero-order valence-corrected chi connectivity index (χ0v) is 40.2. The molecule has 0 bridgehead atoms. The second-order valence-electron chi connectivity index (χ2n) is 18.4. The number of hydrogen-bond donors (Lipinski definition) is 0. The van der Waals surface area contributed by atoms with E-state index in [1.807, 2.05) is 0 Å². The number of ether oxygens (including phenoxy) is 3. The third kappa shape index (κ3) is 45.8. The molecule has 0 aliphatic rings. The molecule has 0 radical (unpaired) electrons. The van der Waals surface area contributed by atoms with E-state index in [0.717, 1.165) is 63.7 Å². The Morgan fingerprint density at radius 3 is 0.881 bits per heavy atom. The molecule has 0 saturated heterocycles. The lowest BCUT2D eigenvalue weighted by atomic mass is 9.99. The Kier molecular flexibility index (Phi) is 46.2. The highest BCUT2D eigenvalue weighted by molar-refractivity contribution is 5.71. The second kappa shape index (κ2) is 47.5. The number of rotatable bonds is 48. The summed E-state index contributed by atoms with van der Waals surface area (Å²) >= 11 is 0. The van der Waals surface area contributed by atoms with Crippen LogP contribution >= 0.6 is 0 Å². The van der Waals surface area contributed by atoms with Crippen molar-refractivity contribution in [2.45, 2.75) is 303 Å². The molecule has 6 nitrogen and oxygen atoms in total. The maximum Gasteiger partial charge on any atom is 0.306 e. The van der Waals surface area contributed by atoms with Gasteiger partial charge in [-0.1, -0.05) is 259 Å². The van der Waals surface area contributed by atoms with Crippen LogP contribution in [0.1, 0.15) is 297 Å². The Morgan fingerprint density at radius 1 is 0.339 bits per heavy atom. The predicted molar refractivity (Wildman–Crippen MR) is 252 cm³/mol. The first-order chi connectivity index (χ1) is 28.9. The topological polar surface area (TPSA) is 78.9 Å². The fourth-order valence-corrected chi connectivity index (χ4v) is 8.01. The molecule has 0 amide bonds. The lowest BCUT2D eigenvalue weighted by Crippen LogP contribution is -2.30. The average Bonchev–Trinajstić information content (AvgIpc) is 3.23. The highest BCUT2D eigenvalue weighted by Crippen LogP contribution is 2.18. The maximum absolute atomic E-state index is 12.8. The monoisotopic (exact) mass is 835 g/mol. The summed E-state index contributed by atoms with van der Waals surface area (Å²) in [7, 11) is 0. The van der Waals surface area contributed by atoms with E-state index in [1.165, 1.54) is 193 Å². The van der Waals surface area contributed by atoms with Crippen LogP contribution in [0.5, 0.6) is 0 Å². The molecule has 0 N–H and O–H groups in total. The molecular weight excluding hydrogens is 733 g/mol. The van der Waals surface area contributed by atoms with Crippen molar-refractivity contribution in [3.63, 3.8) is 0 Å². The zero-order valence-electron chi connectivity index (χ0n) is 40.2. The highest BCUT2D eigenvalue weighted by atomic mass is 16.6. The van der Waals surface area contributed by atoms with Crippen LogP contribution < -0.4 is 0 Å². The van der Waals surface area contributed by atoms with Crippen molar-refractivity contribution < 1.29 is 28.6 Å². The quantitative estimate of drug-likeness (QED) is 0.0345. The molecule has 0 aliphatic carbocycles. The Balaban J connectivity index is 4.30. The number of hydrogen-bond acceptors (Lipinski definition) is 6. The number of unbranched alkanes of at least 4 members (excludes halogenated alkanes) is 34. The van der Waals surface area contributed by atoms with E-state index < -0.39 is 6.10 Å². The summed E-state index contributed by atoms with van der Waals surface area (Å²) in [6.07, 6.45) is 49.3. The molecule has 0 aromatic carbocycles. The van der Waals surface area contributed by atoms with E-state index in [9.17, 15) is 14.4 Å². The summed E-state index contributed by atoms with van der Waals surface area (Å²) in [6.45, 7) is 9.05. The van der Waals surface area contributed by atoms with Gasteiger partial charge in [0.25, 0.3) is 0 Å². The molecular formula is C53H102O6. The smallest absolute Gasteiger partial charge is 0.306 e. The number of carbonyl (C=O) groups excluding carboxylic acids is 3. The highest BCUT2D eigenvalue weighted by Gasteiger charge is 2.19. The Bertz CT molecular complexity index is 889. The molecule has 0 heterocycles. The van der Waals surface area contributed by atoms with Gasteiger partial charge in [0.05, 0.1) is 0 Å². The van der Waals surface area contributed by atoms with Gasteiger partial charge in [-0.3, -0.25) is 14.4 Å². The van der Waals surface area contributed by atoms with E-state index >= 15 is 0 Å². The maximum atomic E-state index is 12.8. The van der Waals surface area contributed by atoms with Gasteiger partial charge in [-0.05, 0) is 25.2 Å². The number of esters is 3. The standard InChI is InChI=1S/C53H102O6/c1-5-8-10-12-14-16-18-19-20-21-22-24-29-33-37-41-45-52(55)58-48-50(47-57-51(54)44-40-36-32-28-23-17-15-13-11-9-6-2)59-53(56)46-42-38-34-30-26-25-27-31-35-39-43-49(4)7-3/h49-50H,5-48H2,1-4H3/t49?,50-/m1/s1. The van der Waals surface area contributed by atoms with Crippen LogP contribution in [0.4, 0.5) is 0 Å². The van der Waals surface area contributed by atoms with Crippen molar-refractivity contribution in [3.05, 3.63) is 0 Å². The van der Waals surface area contributed by atoms with Gasteiger partial charge < -0.3 is 14.2 Å². The largest absolute Gasteiger partial charge is 0.462 e. The summed E-state index contributed by atoms with van der Waals surface area (Å²) < 4.78 is 16.8. The molecule has 0 rings (SSSR count).